The van der Waals surface area contributed by atoms with Gasteiger partial charge >= 0.3 is 0 Å². The first kappa shape index (κ1) is 11.1. The van der Waals surface area contributed by atoms with E-state index in [9.17, 15) is 4.79 Å². The highest BCUT2D eigenvalue weighted by Gasteiger charge is 2.16. The largest absolute Gasteiger partial charge is 0.395 e. The number of amides is 1. The van der Waals surface area contributed by atoms with E-state index in [0.29, 0.717) is 17.9 Å². The minimum absolute atomic E-state index is 0.201. The number of nitrogens with zero attached hydrogens (tertiary/aromatic N) is 2. The monoisotopic (exact) mass is 231 g/mol. The van der Waals surface area contributed by atoms with Crippen molar-refractivity contribution < 1.29 is 4.79 Å². The van der Waals surface area contributed by atoms with Crippen LogP contribution in [-0.4, -0.2) is 21.1 Å². The second-order valence-corrected chi connectivity index (χ2v) is 3.49. The zero-order chi connectivity index (χ0) is 12.3. The summed E-state index contributed by atoms with van der Waals surface area (Å²) in [6, 6.07) is 5.25. The second-order valence-electron chi connectivity index (χ2n) is 3.49. The third kappa shape index (κ3) is 2.25. The van der Waals surface area contributed by atoms with Gasteiger partial charge in [-0.3, -0.25) is 9.89 Å². The summed E-state index contributed by atoms with van der Waals surface area (Å²) in [5.41, 5.74) is 7.14. The highest BCUT2D eigenvalue weighted by Crippen LogP contribution is 2.15. The Bertz CT molecular complexity index is 520. The number of pyridine rings is 1. The van der Waals surface area contributed by atoms with E-state index in [1.165, 1.54) is 0 Å². The Morgan fingerprint density at radius 3 is 2.94 bits per heavy atom. The molecular weight excluding hydrogens is 218 g/mol. The van der Waals surface area contributed by atoms with E-state index in [0.717, 1.165) is 5.69 Å². The number of carbonyl (C=O) groups is 1. The smallest absolute Gasteiger partial charge is 0.279 e. The topological polar surface area (TPSA) is 96.7 Å². The zero-order valence-corrected chi connectivity index (χ0v) is 9.40. The second kappa shape index (κ2) is 4.65. The van der Waals surface area contributed by atoms with Crippen molar-refractivity contribution >= 4 is 17.4 Å². The lowest BCUT2D eigenvalue weighted by Gasteiger charge is -2.02. The average Bonchev–Trinajstić information content (AvgIpc) is 2.71. The van der Waals surface area contributed by atoms with Crippen molar-refractivity contribution in [1.29, 1.82) is 0 Å². The van der Waals surface area contributed by atoms with Gasteiger partial charge in [0, 0.05) is 6.20 Å². The van der Waals surface area contributed by atoms with Crippen molar-refractivity contribution in [3.8, 4) is 0 Å². The molecular formula is C11H13N5O. The molecule has 0 bridgehead atoms. The van der Waals surface area contributed by atoms with Gasteiger partial charge in [0.25, 0.3) is 5.91 Å². The van der Waals surface area contributed by atoms with Crippen molar-refractivity contribution in [1.82, 2.24) is 15.2 Å². The number of aromatic amines is 1. The van der Waals surface area contributed by atoms with Crippen molar-refractivity contribution in [2.45, 2.75) is 13.3 Å². The summed E-state index contributed by atoms with van der Waals surface area (Å²) in [6.45, 7) is 1.93. The molecule has 0 aliphatic heterocycles. The molecule has 88 valence electrons. The molecule has 6 heteroatoms. The maximum absolute atomic E-state index is 11.9. The standard InChI is InChI=1S/C11H13N5O/c1-2-7-9(12)10(16-15-7)11(17)14-8-5-3-4-6-13-8/h3-6H,2,12H2,1H3,(H,15,16)(H,13,14,17). The normalized spacial score (nSPS) is 10.2. The van der Waals surface area contributed by atoms with Crippen LogP contribution in [0, 0.1) is 0 Å². The van der Waals surface area contributed by atoms with Crippen molar-refractivity contribution in [2.75, 3.05) is 11.1 Å². The Morgan fingerprint density at radius 1 is 1.53 bits per heavy atom. The van der Waals surface area contributed by atoms with Crippen molar-refractivity contribution in [2.24, 2.45) is 0 Å². The molecule has 0 radical (unpaired) electrons. The van der Waals surface area contributed by atoms with Crippen molar-refractivity contribution in [3.05, 3.63) is 35.8 Å². The van der Waals surface area contributed by atoms with Gasteiger partial charge in [-0.15, -0.1) is 0 Å². The van der Waals surface area contributed by atoms with Gasteiger partial charge in [0.05, 0.1) is 11.4 Å². The summed E-state index contributed by atoms with van der Waals surface area (Å²) in [6.07, 6.45) is 2.30. The number of nitrogens with two attached hydrogens (primary N) is 1. The molecule has 0 unspecified atom stereocenters. The van der Waals surface area contributed by atoms with Gasteiger partial charge in [-0.2, -0.15) is 5.10 Å². The van der Waals surface area contributed by atoms with Gasteiger partial charge in [-0.1, -0.05) is 13.0 Å². The lowest BCUT2D eigenvalue weighted by molar-refractivity contribution is 0.102. The molecule has 0 saturated heterocycles. The highest BCUT2D eigenvalue weighted by atomic mass is 16.2. The minimum Gasteiger partial charge on any atom is -0.395 e. The number of rotatable bonds is 3. The van der Waals surface area contributed by atoms with E-state index in [1.807, 2.05) is 6.92 Å². The molecule has 6 nitrogen and oxygen atoms in total. The number of hydrogen-bond acceptors (Lipinski definition) is 4. The van der Waals surface area contributed by atoms with Gasteiger partial charge in [0.2, 0.25) is 0 Å². The molecule has 0 aliphatic carbocycles. The third-order valence-electron chi connectivity index (χ3n) is 2.36. The van der Waals surface area contributed by atoms with Gasteiger partial charge in [-0.05, 0) is 18.6 Å². The summed E-state index contributed by atoms with van der Waals surface area (Å²) >= 11 is 0. The summed E-state index contributed by atoms with van der Waals surface area (Å²) in [4.78, 5) is 15.8. The van der Waals surface area contributed by atoms with E-state index in [2.05, 4.69) is 20.5 Å². The molecule has 1 amide bonds. The molecule has 0 aliphatic rings. The first-order valence-corrected chi connectivity index (χ1v) is 5.27. The summed E-state index contributed by atoms with van der Waals surface area (Å²) in [5.74, 6) is 0.107. The van der Waals surface area contributed by atoms with Crippen LogP contribution in [0.25, 0.3) is 0 Å². The maximum Gasteiger partial charge on any atom is 0.279 e. The van der Waals surface area contributed by atoms with E-state index < -0.39 is 0 Å². The summed E-state index contributed by atoms with van der Waals surface area (Å²) in [5, 5.41) is 9.25. The van der Waals surface area contributed by atoms with E-state index in [4.69, 9.17) is 5.73 Å². The molecule has 0 saturated carbocycles. The van der Waals surface area contributed by atoms with Crippen LogP contribution in [0.4, 0.5) is 11.5 Å². The molecule has 0 fully saturated rings. The summed E-state index contributed by atoms with van der Waals surface area (Å²) in [7, 11) is 0. The van der Waals surface area contributed by atoms with Crippen LogP contribution < -0.4 is 11.1 Å². The quantitative estimate of drug-likeness (QED) is 0.739. The van der Waals surface area contributed by atoms with Gasteiger partial charge in [0.1, 0.15) is 5.82 Å². The fraction of sp³-hybridized carbons (Fsp3) is 0.182. The molecule has 2 heterocycles. The number of anilines is 2. The van der Waals surface area contributed by atoms with Crippen LogP contribution in [0.5, 0.6) is 0 Å². The lowest BCUT2D eigenvalue weighted by Crippen LogP contribution is -2.15. The van der Waals surface area contributed by atoms with E-state index >= 15 is 0 Å². The van der Waals surface area contributed by atoms with Crippen LogP contribution in [0.1, 0.15) is 23.1 Å². The van der Waals surface area contributed by atoms with Crippen LogP contribution in [0.15, 0.2) is 24.4 Å². The maximum atomic E-state index is 11.9. The predicted octanol–water partition coefficient (Wildman–Crippen LogP) is 1.20. The van der Waals surface area contributed by atoms with Gasteiger partial charge in [-0.25, -0.2) is 4.98 Å². The Kier molecular flexibility index (Phi) is 3.04. The van der Waals surface area contributed by atoms with Gasteiger partial charge in [0.15, 0.2) is 5.69 Å². The van der Waals surface area contributed by atoms with Crippen LogP contribution in [-0.2, 0) is 6.42 Å². The fourth-order valence-corrected chi connectivity index (χ4v) is 1.44. The molecule has 0 aromatic carbocycles. The Hall–Kier alpha value is -2.37. The van der Waals surface area contributed by atoms with Crippen LogP contribution in [0.2, 0.25) is 0 Å². The molecule has 4 N–H and O–H groups in total. The Balaban J connectivity index is 2.18. The van der Waals surface area contributed by atoms with E-state index in [-0.39, 0.29) is 11.6 Å². The predicted molar refractivity (Wildman–Crippen MR) is 64.6 cm³/mol. The lowest BCUT2D eigenvalue weighted by atomic mass is 10.2. The Labute approximate surface area is 98.3 Å². The van der Waals surface area contributed by atoms with E-state index in [1.54, 1.807) is 24.4 Å². The number of nitrogen functional groups attached to an aromatic ring is 1. The number of carbonyl (C=O) groups excluding carboxylic acids is 1. The highest BCUT2D eigenvalue weighted by molar-refractivity contribution is 6.06. The SMILES string of the molecule is CCc1[nH]nc(C(=O)Nc2ccccn2)c1N. The number of nitrogens with one attached hydrogen (secondary N) is 2. The first-order chi connectivity index (χ1) is 8.22. The molecule has 2 aromatic rings. The third-order valence-corrected chi connectivity index (χ3v) is 2.36. The van der Waals surface area contributed by atoms with Crippen molar-refractivity contribution in [3.63, 3.8) is 0 Å². The molecule has 2 rings (SSSR count). The van der Waals surface area contributed by atoms with Crippen LogP contribution in [0.3, 0.4) is 0 Å². The zero-order valence-electron chi connectivity index (χ0n) is 9.40. The molecule has 0 atom stereocenters. The Morgan fingerprint density at radius 2 is 2.35 bits per heavy atom. The number of H-pyrrole nitrogens is 1. The minimum atomic E-state index is -0.364. The van der Waals surface area contributed by atoms with Gasteiger partial charge < -0.3 is 11.1 Å². The molecule has 0 spiro atoms. The number of aryl methyl sites for hydroxylation is 1. The summed E-state index contributed by atoms with van der Waals surface area (Å²) < 4.78 is 0. The first-order valence-electron chi connectivity index (χ1n) is 5.27. The number of aromatic nitrogens is 3. The fourth-order valence-electron chi connectivity index (χ4n) is 1.44. The average molecular weight is 231 g/mol. The number of hydrogen-bond donors (Lipinski definition) is 3. The molecule has 17 heavy (non-hydrogen) atoms. The van der Waals surface area contributed by atoms with Crippen LogP contribution >= 0.6 is 0 Å². The molecule has 2 aromatic heterocycles.